The Labute approximate surface area is 217 Å². The molecule has 6 nitrogen and oxygen atoms in total. The summed E-state index contributed by atoms with van der Waals surface area (Å²) in [5.41, 5.74) is 6.17. The number of thiocarbonyl (C=S) groups is 1. The summed E-state index contributed by atoms with van der Waals surface area (Å²) in [6, 6.07) is 26.0. The third kappa shape index (κ3) is 4.75. The van der Waals surface area contributed by atoms with Gasteiger partial charge >= 0.3 is 0 Å². The first-order valence-corrected chi connectivity index (χ1v) is 12.5. The number of pyridine rings is 1. The number of aromatic nitrogens is 2. The van der Waals surface area contributed by atoms with Crippen molar-refractivity contribution in [3.63, 3.8) is 0 Å². The van der Waals surface area contributed by atoms with Crippen LogP contribution < -0.4 is 10.6 Å². The van der Waals surface area contributed by atoms with E-state index in [2.05, 4.69) is 62.5 Å². The van der Waals surface area contributed by atoms with Gasteiger partial charge in [-0.15, -0.1) is 0 Å². The zero-order valence-electron chi connectivity index (χ0n) is 20.4. The Bertz CT molecular complexity index is 1380. The van der Waals surface area contributed by atoms with Crippen LogP contribution in [0.4, 0.5) is 5.69 Å². The van der Waals surface area contributed by atoms with Gasteiger partial charge in [0.25, 0.3) is 0 Å². The zero-order chi connectivity index (χ0) is 25.1. The molecule has 0 bridgehead atoms. The van der Waals surface area contributed by atoms with Crippen LogP contribution in [-0.2, 0) is 4.79 Å². The summed E-state index contributed by atoms with van der Waals surface area (Å²) in [7, 11) is 0. The number of hydrogen-bond acceptors (Lipinski definition) is 3. The highest BCUT2D eigenvalue weighted by atomic mass is 32.1. The van der Waals surface area contributed by atoms with E-state index < -0.39 is 0 Å². The Morgan fingerprint density at radius 2 is 1.72 bits per heavy atom. The lowest BCUT2D eigenvalue weighted by molar-refractivity contribution is -0.116. The zero-order valence-corrected chi connectivity index (χ0v) is 21.2. The number of benzene rings is 2. The first kappa shape index (κ1) is 23.8. The largest absolute Gasteiger partial charge is 0.352 e. The van der Waals surface area contributed by atoms with Gasteiger partial charge in [0.1, 0.15) is 0 Å². The van der Waals surface area contributed by atoms with E-state index in [9.17, 15) is 4.79 Å². The number of amides is 1. The third-order valence-electron chi connectivity index (χ3n) is 6.66. The number of aryl methyl sites for hydroxylation is 2. The van der Waals surface area contributed by atoms with E-state index in [1.165, 1.54) is 5.56 Å². The van der Waals surface area contributed by atoms with Crippen LogP contribution in [0.2, 0.25) is 0 Å². The molecule has 2 aromatic carbocycles. The molecule has 7 heteroatoms. The summed E-state index contributed by atoms with van der Waals surface area (Å²) >= 11 is 5.80. The number of carbonyl (C=O) groups is 1. The summed E-state index contributed by atoms with van der Waals surface area (Å²) < 4.78 is 2.21. The van der Waals surface area contributed by atoms with E-state index in [1.54, 1.807) is 6.20 Å². The van der Waals surface area contributed by atoms with Crippen LogP contribution in [-0.4, -0.2) is 32.0 Å². The van der Waals surface area contributed by atoms with Gasteiger partial charge in [0.15, 0.2) is 5.11 Å². The van der Waals surface area contributed by atoms with Crippen LogP contribution in [0, 0.1) is 13.8 Å². The fourth-order valence-electron chi connectivity index (χ4n) is 4.80. The number of hydrogen-bond donors (Lipinski definition) is 2. The van der Waals surface area contributed by atoms with Crippen molar-refractivity contribution in [2.24, 2.45) is 0 Å². The van der Waals surface area contributed by atoms with Crippen molar-refractivity contribution >= 4 is 28.9 Å². The SMILES string of the molecule is Cc1ccccc1NC(=O)CCN1C(=S)N[C@@H](c2ccccn2)[C@H]1c1cccn1-c1ccccc1C. The topological polar surface area (TPSA) is 62.2 Å². The van der Waals surface area contributed by atoms with Gasteiger partial charge in [-0.1, -0.05) is 42.5 Å². The quantitative estimate of drug-likeness (QED) is 0.332. The first-order chi connectivity index (χ1) is 17.5. The fourth-order valence-corrected chi connectivity index (χ4v) is 5.14. The Kier molecular flexibility index (Phi) is 6.82. The molecule has 1 fully saturated rings. The summed E-state index contributed by atoms with van der Waals surface area (Å²) in [5.74, 6) is -0.0403. The number of nitrogens with zero attached hydrogens (tertiary/aromatic N) is 3. The molecule has 0 spiro atoms. The third-order valence-corrected chi connectivity index (χ3v) is 7.01. The molecule has 0 aliphatic carbocycles. The molecular weight excluding hydrogens is 466 g/mol. The highest BCUT2D eigenvalue weighted by Crippen LogP contribution is 2.39. The van der Waals surface area contributed by atoms with E-state index in [1.807, 2.05) is 61.5 Å². The van der Waals surface area contributed by atoms with Gasteiger partial charge in [-0.05, 0) is 73.6 Å². The van der Waals surface area contributed by atoms with Gasteiger partial charge in [-0.25, -0.2) is 0 Å². The summed E-state index contributed by atoms with van der Waals surface area (Å²) in [4.78, 5) is 19.6. The first-order valence-electron chi connectivity index (χ1n) is 12.1. The van der Waals surface area contributed by atoms with E-state index in [4.69, 9.17) is 12.2 Å². The maximum atomic E-state index is 12.9. The molecule has 2 N–H and O–H groups in total. The lowest BCUT2D eigenvalue weighted by atomic mass is 10.0. The van der Waals surface area contributed by atoms with Gasteiger partial charge in [-0.2, -0.15) is 0 Å². The van der Waals surface area contributed by atoms with Crippen LogP contribution >= 0.6 is 12.2 Å². The molecule has 0 saturated carbocycles. The van der Waals surface area contributed by atoms with Crippen molar-refractivity contribution in [2.75, 3.05) is 11.9 Å². The molecule has 2 atom stereocenters. The predicted molar refractivity (Wildman–Crippen MR) is 147 cm³/mol. The minimum Gasteiger partial charge on any atom is -0.352 e. The minimum absolute atomic E-state index is 0.0403. The number of para-hydroxylation sites is 2. The molecule has 2 aromatic heterocycles. The van der Waals surface area contributed by atoms with Crippen LogP contribution in [0.5, 0.6) is 0 Å². The minimum atomic E-state index is -0.143. The molecule has 0 radical (unpaired) electrons. The average molecular weight is 496 g/mol. The Morgan fingerprint density at radius 3 is 2.47 bits per heavy atom. The highest BCUT2D eigenvalue weighted by molar-refractivity contribution is 7.80. The smallest absolute Gasteiger partial charge is 0.226 e. The predicted octanol–water partition coefficient (Wildman–Crippen LogP) is 5.49. The number of carbonyl (C=O) groups excluding carboxylic acids is 1. The molecule has 5 rings (SSSR count). The summed E-state index contributed by atoms with van der Waals surface area (Å²) in [5, 5.41) is 7.15. The van der Waals surface area contributed by atoms with Crippen molar-refractivity contribution in [1.82, 2.24) is 19.8 Å². The van der Waals surface area contributed by atoms with Crippen molar-refractivity contribution < 1.29 is 4.79 Å². The molecule has 3 heterocycles. The maximum Gasteiger partial charge on any atom is 0.226 e. The monoisotopic (exact) mass is 495 g/mol. The lowest BCUT2D eigenvalue weighted by Crippen LogP contribution is -2.33. The molecular formula is C29H29N5OS. The van der Waals surface area contributed by atoms with Crippen LogP contribution in [0.1, 0.15) is 41.0 Å². The van der Waals surface area contributed by atoms with Crippen molar-refractivity contribution in [2.45, 2.75) is 32.4 Å². The highest BCUT2D eigenvalue weighted by Gasteiger charge is 2.41. The molecule has 36 heavy (non-hydrogen) atoms. The molecule has 4 aromatic rings. The van der Waals surface area contributed by atoms with Gasteiger partial charge in [0, 0.05) is 42.4 Å². The molecule has 1 saturated heterocycles. The van der Waals surface area contributed by atoms with Crippen LogP contribution in [0.3, 0.4) is 0 Å². The molecule has 0 unspecified atom stereocenters. The van der Waals surface area contributed by atoms with E-state index in [-0.39, 0.29) is 18.0 Å². The van der Waals surface area contributed by atoms with Crippen molar-refractivity contribution in [3.8, 4) is 5.69 Å². The number of nitrogens with one attached hydrogen (secondary N) is 2. The second kappa shape index (κ2) is 10.3. The molecule has 1 aliphatic rings. The number of rotatable bonds is 7. The standard InChI is InChI=1S/C29H29N5OS/c1-20-10-3-5-12-22(20)31-26(35)16-19-34-28(27(32-29(34)36)23-13-7-8-17-30-23)25-15-9-18-33(25)24-14-6-4-11-21(24)2/h3-15,17-18,27-28H,16,19H2,1-2H3,(H,31,35)(H,32,36)/t27-,28+/m0/s1. The van der Waals surface area contributed by atoms with Gasteiger partial charge in [0.2, 0.25) is 5.91 Å². The van der Waals surface area contributed by atoms with Crippen LogP contribution in [0.25, 0.3) is 5.69 Å². The maximum absolute atomic E-state index is 12.9. The Hall–Kier alpha value is -3.97. The second-order valence-electron chi connectivity index (χ2n) is 9.02. The van der Waals surface area contributed by atoms with Gasteiger partial charge in [-0.3, -0.25) is 9.78 Å². The van der Waals surface area contributed by atoms with Crippen LogP contribution in [0.15, 0.2) is 91.3 Å². The van der Waals surface area contributed by atoms with Crippen molar-refractivity contribution in [3.05, 3.63) is 114 Å². The Morgan fingerprint density at radius 1 is 0.972 bits per heavy atom. The van der Waals surface area contributed by atoms with E-state index >= 15 is 0 Å². The number of anilines is 1. The summed E-state index contributed by atoms with van der Waals surface area (Å²) in [6.07, 6.45) is 4.19. The lowest BCUT2D eigenvalue weighted by Gasteiger charge is -2.29. The van der Waals surface area contributed by atoms with Gasteiger partial charge < -0.3 is 20.1 Å². The average Bonchev–Trinajstić information content (AvgIpc) is 3.49. The fraction of sp³-hybridized carbons (Fsp3) is 0.207. The normalized spacial score (nSPS) is 17.2. The molecule has 1 aliphatic heterocycles. The summed E-state index contributed by atoms with van der Waals surface area (Å²) in [6.45, 7) is 4.58. The van der Waals surface area contributed by atoms with Crippen molar-refractivity contribution in [1.29, 1.82) is 0 Å². The Balaban J connectivity index is 1.46. The molecule has 182 valence electrons. The van der Waals surface area contributed by atoms with E-state index in [0.29, 0.717) is 18.1 Å². The van der Waals surface area contributed by atoms with Gasteiger partial charge in [0.05, 0.1) is 17.8 Å². The van der Waals surface area contributed by atoms with E-state index in [0.717, 1.165) is 28.3 Å². The molecule has 1 amide bonds. The second-order valence-corrected chi connectivity index (χ2v) is 9.41.